The zero-order valence-electron chi connectivity index (χ0n) is 9.33. The topological polar surface area (TPSA) is 88.4 Å². The maximum Gasteiger partial charge on any atom is 0.160 e. The van der Waals surface area contributed by atoms with Gasteiger partial charge in [-0.2, -0.15) is 0 Å². The largest absolute Gasteiger partial charge is 0.397 e. The van der Waals surface area contributed by atoms with E-state index in [1.54, 1.807) is 6.07 Å². The van der Waals surface area contributed by atoms with Gasteiger partial charge in [0, 0.05) is 13.1 Å². The molecule has 0 amide bonds. The quantitative estimate of drug-likeness (QED) is 0.708. The van der Waals surface area contributed by atoms with Crippen LogP contribution in [0.5, 0.6) is 0 Å². The van der Waals surface area contributed by atoms with Crippen molar-refractivity contribution in [3.05, 3.63) is 12.1 Å². The fourth-order valence-corrected chi connectivity index (χ4v) is 2.30. The lowest BCUT2D eigenvalue weighted by atomic mass is 10.1. The molecular formula is C11H14N4O2. The Kier molecular flexibility index (Phi) is 2.36. The number of nitrogens with two attached hydrogens (primary N) is 1. The van der Waals surface area contributed by atoms with Crippen LogP contribution < -0.4 is 10.6 Å². The summed E-state index contributed by atoms with van der Waals surface area (Å²) in [4.78, 5) is 2.10. The van der Waals surface area contributed by atoms with E-state index in [-0.39, 0.29) is 6.10 Å². The van der Waals surface area contributed by atoms with Crippen LogP contribution >= 0.6 is 0 Å². The SMILES string of the molecule is Nc1ccc(N2CCCC(O)C2)c2nonc12. The molecule has 0 aliphatic carbocycles. The minimum Gasteiger partial charge on any atom is -0.397 e. The van der Waals surface area contributed by atoms with Crippen molar-refractivity contribution in [2.24, 2.45) is 0 Å². The standard InChI is InChI=1S/C11H14N4O2/c12-8-3-4-9(11-10(8)13-17-14-11)15-5-1-2-7(16)6-15/h3-4,7,16H,1-2,5-6,12H2. The monoisotopic (exact) mass is 234 g/mol. The number of nitrogen functional groups attached to an aromatic ring is 1. The summed E-state index contributed by atoms with van der Waals surface area (Å²) in [6, 6.07) is 3.70. The number of β-amino-alcohol motifs (C(OH)–C–C–N with tert-alkyl or cyclic N) is 1. The van der Waals surface area contributed by atoms with Crippen molar-refractivity contribution in [3.8, 4) is 0 Å². The van der Waals surface area contributed by atoms with Crippen molar-refractivity contribution < 1.29 is 9.74 Å². The van der Waals surface area contributed by atoms with Crippen molar-refractivity contribution >= 4 is 22.4 Å². The Labute approximate surface area is 98.0 Å². The van der Waals surface area contributed by atoms with Gasteiger partial charge >= 0.3 is 0 Å². The average molecular weight is 234 g/mol. The highest BCUT2D eigenvalue weighted by molar-refractivity contribution is 5.95. The fourth-order valence-electron chi connectivity index (χ4n) is 2.30. The van der Waals surface area contributed by atoms with Crippen LogP contribution in [0.25, 0.3) is 11.0 Å². The molecule has 1 fully saturated rings. The molecule has 3 rings (SSSR count). The van der Waals surface area contributed by atoms with E-state index in [2.05, 4.69) is 15.2 Å². The van der Waals surface area contributed by atoms with E-state index in [0.717, 1.165) is 25.1 Å². The third kappa shape index (κ3) is 1.70. The molecule has 1 aromatic carbocycles. The summed E-state index contributed by atoms with van der Waals surface area (Å²) in [7, 11) is 0. The number of aromatic nitrogens is 2. The highest BCUT2D eigenvalue weighted by Gasteiger charge is 2.21. The molecule has 1 atom stereocenters. The number of fused-ring (bicyclic) bond motifs is 1. The highest BCUT2D eigenvalue weighted by atomic mass is 16.6. The van der Waals surface area contributed by atoms with Crippen LogP contribution in [0.3, 0.4) is 0 Å². The Bertz CT molecular complexity index is 539. The number of rotatable bonds is 1. The lowest BCUT2D eigenvalue weighted by Gasteiger charge is -2.31. The number of aliphatic hydroxyl groups is 1. The zero-order valence-corrected chi connectivity index (χ0v) is 9.33. The maximum atomic E-state index is 9.69. The summed E-state index contributed by atoms with van der Waals surface area (Å²) in [5, 5.41) is 17.4. The predicted octanol–water partition coefficient (Wildman–Crippen LogP) is 0.766. The van der Waals surface area contributed by atoms with Crippen molar-refractivity contribution in [2.75, 3.05) is 23.7 Å². The van der Waals surface area contributed by atoms with E-state index >= 15 is 0 Å². The molecule has 0 bridgehead atoms. The van der Waals surface area contributed by atoms with Gasteiger partial charge in [0.1, 0.15) is 0 Å². The van der Waals surface area contributed by atoms with Crippen LogP contribution in [-0.4, -0.2) is 34.6 Å². The van der Waals surface area contributed by atoms with Gasteiger partial charge < -0.3 is 15.7 Å². The molecule has 3 N–H and O–H groups in total. The van der Waals surface area contributed by atoms with Crippen molar-refractivity contribution in [3.63, 3.8) is 0 Å². The van der Waals surface area contributed by atoms with Gasteiger partial charge in [0.25, 0.3) is 0 Å². The molecule has 1 aliphatic rings. The molecule has 90 valence electrons. The average Bonchev–Trinajstić information content (AvgIpc) is 2.79. The summed E-state index contributed by atoms with van der Waals surface area (Å²) >= 11 is 0. The number of aliphatic hydroxyl groups excluding tert-OH is 1. The molecule has 0 saturated carbocycles. The minimum atomic E-state index is -0.281. The first kappa shape index (κ1) is 10.3. The normalized spacial score (nSPS) is 21.0. The first-order chi connectivity index (χ1) is 8.25. The maximum absolute atomic E-state index is 9.69. The van der Waals surface area contributed by atoms with Crippen molar-refractivity contribution in [1.29, 1.82) is 0 Å². The van der Waals surface area contributed by atoms with Gasteiger partial charge in [0.15, 0.2) is 11.0 Å². The number of hydrogen-bond acceptors (Lipinski definition) is 6. The first-order valence-electron chi connectivity index (χ1n) is 5.69. The minimum absolute atomic E-state index is 0.281. The van der Waals surface area contributed by atoms with Gasteiger partial charge in [0.05, 0.1) is 17.5 Å². The number of hydrogen-bond donors (Lipinski definition) is 2. The molecule has 17 heavy (non-hydrogen) atoms. The second-order valence-corrected chi connectivity index (χ2v) is 4.38. The number of nitrogens with zero attached hydrogens (tertiary/aromatic N) is 3. The molecule has 1 aliphatic heterocycles. The van der Waals surface area contributed by atoms with Crippen molar-refractivity contribution in [2.45, 2.75) is 18.9 Å². The molecule has 1 unspecified atom stereocenters. The molecule has 2 aromatic rings. The van der Waals surface area contributed by atoms with E-state index in [9.17, 15) is 5.11 Å². The zero-order chi connectivity index (χ0) is 11.8. The molecule has 0 spiro atoms. The molecular weight excluding hydrogens is 220 g/mol. The smallest absolute Gasteiger partial charge is 0.160 e. The fraction of sp³-hybridized carbons (Fsp3) is 0.455. The molecule has 0 radical (unpaired) electrons. The molecule has 2 heterocycles. The Morgan fingerprint density at radius 3 is 3.00 bits per heavy atom. The van der Waals surface area contributed by atoms with Gasteiger partial charge in [-0.15, -0.1) is 0 Å². The van der Waals surface area contributed by atoms with Crippen LogP contribution in [0.4, 0.5) is 11.4 Å². The summed E-state index contributed by atoms with van der Waals surface area (Å²) in [5.41, 5.74) is 8.53. The summed E-state index contributed by atoms with van der Waals surface area (Å²) in [6.07, 6.45) is 1.54. The molecule has 1 aromatic heterocycles. The van der Waals surface area contributed by atoms with Gasteiger partial charge in [0.2, 0.25) is 0 Å². The van der Waals surface area contributed by atoms with E-state index in [1.165, 1.54) is 0 Å². The van der Waals surface area contributed by atoms with E-state index < -0.39 is 0 Å². The Hall–Kier alpha value is -1.82. The number of benzene rings is 1. The third-order valence-corrected chi connectivity index (χ3v) is 3.16. The van der Waals surface area contributed by atoms with Gasteiger partial charge in [-0.05, 0) is 35.3 Å². The second-order valence-electron chi connectivity index (χ2n) is 4.38. The van der Waals surface area contributed by atoms with E-state index in [0.29, 0.717) is 23.3 Å². The second kappa shape index (κ2) is 3.89. The highest BCUT2D eigenvalue weighted by Crippen LogP contribution is 2.30. The van der Waals surface area contributed by atoms with Gasteiger partial charge in [-0.3, -0.25) is 0 Å². The lowest BCUT2D eigenvalue weighted by Crippen LogP contribution is -2.38. The Balaban J connectivity index is 2.05. The van der Waals surface area contributed by atoms with E-state index in [4.69, 9.17) is 10.4 Å². The Morgan fingerprint density at radius 1 is 1.35 bits per heavy atom. The van der Waals surface area contributed by atoms with Gasteiger partial charge in [-0.1, -0.05) is 0 Å². The summed E-state index contributed by atoms with van der Waals surface area (Å²) in [5.74, 6) is 0. The van der Waals surface area contributed by atoms with Gasteiger partial charge in [-0.25, -0.2) is 4.63 Å². The molecule has 6 nitrogen and oxygen atoms in total. The van der Waals surface area contributed by atoms with Crippen LogP contribution in [-0.2, 0) is 0 Å². The van der Waals surface area contributed by atoms with Crippen LogP contribution in [0, 0.1) is 0 Å². The Morgan fingerprint density at radius 2 is 2.18 bits per heavy atom. The third-order valence-electron chi connectivity index (χ3n) is 3.16. The van der Waals surface area contributed by atoms with Crippen LogP contribution in [0.15, 0.2) is 16.8 Å². The summed E-state index contributed by atoms with van der Waals surface area (Å²) in [6.45, 7) is 1.52. The molecule has 1 saturated heterocycles. The van der Waals surface area contributed by atoms with E-state index in [1.807, 2.05) is 6.07 Å². The van der Waals surface area contributed by atoms with Crippen molar-refractivity contribution in [1.82, 2.24) is 10.3 Å². The number of anilines is 2. The first-order valence-corrected chi connectivity index (χ1v) is 5.69. The van der Waals surface area contributed by atoms with Crippen LogP contribution in [0.2, 0.25) is 0 Å². The number of piperidine rings is 1. The molecule has 6 heteroatoms. The summed E-state index contributed by atoms with van der Waals surface area (Å²) < 4.78 is 4.73. The predicted molar refractivity (Wildman–Crippen MR) is 63.7 cm³/mol. The van der Waals surface area contributed by atoms with Crippen LogP contribution in [0.1, 0.15) is 12.8 Å². The lowest BCUT2D eigenvalue weighted by molar-refractivity contribution is 0.154.